The number of sulfonamides is 1. The summed E-state index contributed by atoms with van der Waals surface area (Å²) >= 11 is 0. The maximum absolute atomic E-state index is 12.5. The Hall–Kier alpha value is -2.18. The molecule has 0 aliphatic carbocycles. The molecule has 2 aromatic carbocycles. The zero-order valence-corrected chi connectivity index (χ0v) is 15.0. The van der Waals surface area contributed by atoms with Gasteiger partial charge < -0.3 is 9.64 Å². The van der Waals surface area contributed by atoms with E-state index in [0.717, 1.165) is 5.56 Å². The number of nitrogens with zero attached hydrogens (tertiary/aromatic N) is 2. The lowest BCUT2D eigenvalue weighted by molar-refractivity contribution is 0.253. The van der Waals surface area contributed by atoms with Gasteiger partial charge in [0.05, 0.1) is 4.90 Å². The van der Waals surface area contributed by atoms with E-state index in [4.69, 9.17) is 4.74 Å². The molecule has 0 spiro atoms. The molecular formula is C18H22N2O3S. The number of rotatable bonds is 6. The summed E-state index contributed by atoms with van der Waals surface area (Å²) in [7, 11) is 0.0190. The first-order valence-electron chi connectivity index (χ1n) is 7.63. The minimum atomic E-state index is -3.83. The Kier molecular flexibility index (Phi) is 6.11. The standard InChI is InChI=1S/C18H22N2O3S/c1-15-9-11-17(12-10-15)24(21,22)19-18(23-14-13-20(2)3)16-7-5-4-6-8-16/h4-12H,13-14H2,1-3H3/b19-18-. The van der Waals surface area contributed by atoms with Crippen molar-refractivity contribution in [3.05, 3.63) is 65.7 Å². The van der Waals surface area contributed by atoms with Gasteiger partial charge in [-0.3, -0.25) is 0 Å². The summed E-state index contributed by atoms with van der Waals surface area (Å²) in [4.78, 5) is 2.11. The minimum absolute atomic E-state index is 0.109. The van der Waals surface area contributed by atoms with E-state index in [0.29, 0.717) is 18.7 Å². The van der Waals surface area contributed by atoms with E-state index in [1.807, 2.05) is 44.1 Å². The summed E-state index contributed by atoms with van der Waals surface area (Å²) in [5, 5.41) is 0. The van der Waals surface area contributed by atoms with Crippen LogP contribution in [0.25, 0.3) is 0 Å². The number of ether oxygens (including phenoxy) is 1. The average molecular weight is 346 g/mol. The fraction of sp³-hybridized carbons (Fsp3) is 0.278. The topological polar surface area (TPSA) is 59.0 Å². The van der Waals surface area contributed by atoms with Gasteiger partial charge in [0.25, 0.3) is 10.0 Å². The summed E-state index contributed by atoms with van der Waals surface area (Å²) in [6.45, 7) is 2.92. The van der Waals surface area contributed by atoms with Gasteiger partial charge in [-0.25, -0.2) is 0 Å². The fourth-order valence-electron chi connectivity index (χ4n) is 1.94. The van der Waals surface area contributed by atoms with Crippen LogP contribution >= 0.6 is 0 Å². The number of hydrogen-bond donors (Lipinski definition) is 0. The first-order chi connectivity index (χ1) is 11.4. The zero-order chi connectivity index (χ0) is 17.6. The summed E-state index contributed by atoms with van der Waals surface area (Å²) in [5.41, 5.74) is 1.62. The molecule has 0 amide bonds. The third kappa shape index (κ3) is 5.18. The Balaban J connectivity index is 2.34. The van der Waals surface area contributed by atoms with E-state index < -0.39 is 10.0 Å². The second-order valence-electron chi connectivity index (χ2n) is 5.70. The Labute approximate surface area is 143 Å². The molecule has 0 unspecified atom stereocenters. The van der Waals surface area contributed by atoms with Crippen LogP contribution in [0.5, 0.6) is 0 Å². The second kappa shape index (κ2) is 8.08. The van der Waals surface area contributed by atoms with Crippen molar-refractivity contribution in [2.75, 3.05) is 27.2 Å². The van der Waals surface area contributed by atoms with Crippen molar-refractivity contribution in [2.45, 2.75) is 11.8 Å². The number of hydrogen-bond acceptors (Lipinski definition) is 4. The van der Waals surface area contributed by atoms with E-state index in [1.165, 1.54) is 0 Å². The second-order valence-corrected chi connectivity index (χ2v) is 7.31. The SMILES string of the molecule is Cc1ccc(S(=O)(=O)/N=C(\OCCN(C)C)c2ccccc2)cc1. The average Bonchev–Trinajstić information content (AvgIpc) is 2.55. The Morgan fingerprint density at radius 2 is 1.67 bits per heavy atom. The van der Waals surface area contributed by atoms with Crippen molar-refractivity contribution in [1.82, 2.24) is 4.90 Å². The van der Waals surface area contributed by atoms with Crippen molar-refractivity contribution in [1.29, 1.82) is 0 Å². The molecule has 2 aromatic rings. The molecule has 0 aliphatic heterocycles. The summed E-state index contributed by atoms with van der Waals surface area (Å²) < 4.78 is 34.7. The first kappa shape index (κ1) is 18.2. The molecule has 0 fully saturated rings. The molecule has 6 heteroatoms. The molecule has 0 aromatic heterocycles. The predicted octanol–water partition coefficient (Wildman–Crippen LogP) is 2.71. The van der Waals surface area contributed by atoms with Crippen molar-refractivity contribution in [3.63, 3.8) is 0 Å². The van der Waals surface area contributed by atoms with Crippen LogP contribution in [-0.2, 0) is 14.8 Å². The lowest BCUT2D eigenvalue weighted by Crippen LogP contribution is -2.21. The number of benzene rings is 2. The van der Waals surface area contributed by atoms with Gasteiger partial charge in [-0.2, -0.15) is 8.42 Å². The van der Waals surface area contributed by atoms with Gasteiger partial charge in [0.15, 0.2) is 0 Å². The van der Waals surface area contributed by atoms with Gasteiger partial charge in [0, 0.05) is 12.1 Å². The normalized spacial score (nSPS) is 12.4. The third-order valence-electron chi connectivity index (χ3n) is 3.32. The van der Waals surface area contributed by atoms with Gasteiger partial charge in [0.2, 0.25) is 5.90 Å². The number of likely N-dealkylation sites (N-methyl/N-ethyl adjacent to an activating group) is 1. The Morgan fingerprint density at radius 1 is 1.04 bits per heavy atom. The molecule has 0 atom stereocenters. The van der Waals surface area contributed by atoms with Crippen molar-refractivity contribution < 1.29 is 13.2 Å². The summed E-state index contributed by atoms with van der Waals surface area (Å²) in [5.74, 6) is 0.109. The highest BCUT2D eigenvalue weighted by atomic mass is 32.2. The molecule has 0 saturated carbocycles. The lowest BCUT2D eigenvalue weighted by Gasteiger charge is -2.13. The molecule has 2 rings (SSSR count). The monoisotopic (exact) mass is 346 g/mol. The highest BCUT2D eigenvalue weighted by Gasteiger charge is 2.16. The fourth-order valence-corrected chi connectivity index (χ4v) is 2.90. The van der Waals surface area contributed by atoms with Gasteiger partial charge >= 0.3 is 0 Å². The molecule has 128 valence electrons. The molecule has 5 nitrogen and oxygen atoms in total. The van der Waals surface area contributed by atoms with E-state index >= 15 is 0 Å². The van der Waals surface area contributed by atoms with Gasteiger partial charge in [-0.1, -0.05) is 35.9 Å². The minimum Gasteiger partial charge on any atom is -0.475 e. The van der Waals surface area contributed by atoms with Crippen LogP contribution in [0.3, 0.4) is 0 Å². The quantitative estimate of drug-likeness (QED) is 0.596. The van der Waals surface area contributed by atoms with Crippen molar-refractivity contribution >= 4 is 15.9 Å². The van der Waals surface area contributed by atoms with E-state index in [9.17, 15) is 8.42 Å². The third-order valence-corrected chi connectivity index (χ3v) is 4.59. The molecule has 24 heavy (non-hydrogen) atoms. The van der Waals surface area contributed by atoms with E-state index in [-0.39, 0.29) is 10.8 Å². The predicted molar refractivity (Wildman–Crippen MR) is 95.8 cm³/mol. The molecule has 0 heterocycles. The smallest absolute Gasteiger partial charge is 0.285 e. The van der Waals surface area contributed by atoms with Crippen LogP contribution in [0.1, 0.15) is 11.1 Å². The number of aryl methyl sites for hydroxylation is 1. The van der Waals surface area contributed by atoms with E-state index in [2.05, 4.69) is 4.40 Å². The van der Waals surface area contributed by atoms with E-state index in [1.54, 1.807) is 36.4 Å². The van der Waals surface area contributed by atoms with Gasteiger partial charge in [0.1, 0.15) is 6.61 Å². The zero-order valence-electron chi connectivity index (χ0n) is 14.1. The molecule has 0 bridgehead atoms. The largest absolute Gasteiger partial charge is 0.475 e. The molecule has 0 N–H and O–H groups in total. The molecule has 0 radical (unpaired) electrons. The molecule has 0 saturated heterocycles. The van der Waals surface area contributed by atoms with Crippen LogP contribution in [-0.4, -0.2) is 46.5 Å². The van der Waals surface area contributed by atoms with Crippen LogP contribution in [0.15, 0.2) is 63.9 Å². The first-order valence-corrected chi connectivity index (χ1v) is 9.07. The highest BCUT2D eigenvalue weighted by Crippen LogP contribution is 2.15. The lowest BCUT2D eigenvalue weighted by atomic mass is 10.2. The molecular weight excluding hydrogens is 324 g/mol. The summed E-state index contributed by atoms with van der Waals surface area (Å²) in [6, 6.07) is 15.6. The maximum atomic E-state index is 12.5. The van der Waals surface area contributed by atoms with Gasteiger partial charge in [-0.15, -0.1) is 4.40 Å². The Morgan fingerprint density at radius 3 is 2.25 bits per heavy atom. The highest BCUT2D eigenvalue weighted by molar-refractivity contribution is 7.90. The van der Waals surface area contributed by atoms with Crippen molar-refractivity contribution in [2.24, 2.45) is 4.40 Å². The Bertz CT molecular complexity index is 783. The maximum Gasteiger partial charge on any atom is 0.285 e. The van der Waals surface area contributed by atoms with Crippen LogP contribution in [0.2, 0.25) is 0 Å². The van der Waals surface area contributed by atoms with Crippen LogP contribution in [0.4, 0.5) is 0 Å². The van der Waals surface area contributed by atoms with Crippen LogP contribution in [0, 0.1) is 6.92 Å². The van der Waals surface area contributed by atoms with Crippen molar-refractivity contribution in [3.8, 4) is 0 Å². The van der Waals surface area contributed by atoms with Gasteiger partial charge in [-0.05, 0) is 45.3 Å². The molecule has 0 aliphatic rings. The van der Waals surface area contributed by atoms with Crippen LogP contribution < -0.4 is 0 Å². The summed E-state index contributed by atoms with van der Waals surface area (Å²) in [6.07, 6.45) is 0.